The van der Waals surface area contributed by atoms with Crippen LogP contribution in [0.1, 0.15) is 30.2 Å². The Kier molecular flexibility index (Phi) is 6.71. The first-order valence-corrected chi connectivity index (χ1v) is 8.30. The van der Waals surface area contributed by atoms with Crippen molar-refractivity contribution in [3.05, 3.63) is 53.9 Å². The smallest absolute Gasteiger partial charge is 0.192 e. The van der Waals surface area contributed by atoms with Gasteiger partial charge in [0.2, 0.25) is 0 Å². The second-order valence-electron chi connectivity index (χ2n) is 5.82. The van der Waals surface area contributed by atoms with Gasteiger partial charge in [-0.05, 0) is 31.5 Å². The minimum absolute atomic E-state index is 0.160. The summed E-state index contributed by atoms with van der Waals surface area (Å²) in [5.41, 5.74) is 0.783. The highest BCUT2D eigenvalue weighted by molar-refractivity contribution is 5.80. The van der Waals surface area contributed by atoms with Crippen LogP contribution < -0.4 is 15.4 Å². The van der Waals surface area contributed by atoms with Crippen LogP contribution in [0.4, 0.5) is 4.39 Å². The molecule has 0 aliphatic rings. The molecule has 0 saturated heterocycles. The highest BCUT2D eigenvalue weighted by atomic mass is 19.1. The van der Waals surface area contributed by atoms with Gasteiger partial charge in [-0.15, -0.1) is 16.8 Å². The molecule has 0 aliphatic carbocycles. The number of aliphatic imine (C=N–C) groups is 1. The Morgan fingerprint density at radius 1 is 1.46 bits per heavy atom. The van der Waals surface area contributed by atoms with Crippen molar-refractivity contribution in [2.45, 2.75) is 26.4 Å². The number of ether oxygens (including phenoxy) is 1. The van der Waals surface area contributed by atoms with Gasteiger partial charge in [0.15, 0.2) is 23.4 Å². The Bertz CT molecular complexity index is 786. The Labute approximate surface area is 153 Å². The highest BCUT2D eigenvalue weighted by Gasteiger charge is 2.12. The molecule has 1 aromatic carbocycles. The molecule has 0 spiro atoms. The normalized spacial score (nSPS) is 12.6. The number of nitrogens with one attached hydrogen (secondary N) is 2. The molecule has 1 heterocycles. The Balaban J connectivity index is 2.13. The number of hydrogen-bond donors (Lipinski definition) is 2. The van der Waals surface area contributed by atoms with Crippen molar-refractivity contribution >= 4 is 5.96 Å². The van der Waals surface area contributed by atoms with Crippen LogP contribution in [-0.4, -0.2) is 34.4 Å². The van der Waals surface area contributed by atoms with E-state index in [9.17, 15) is 4.39 Å². The molecule has 0 aliphatic heterocycles. The fraction of sp³-hybridized carbons (Fsp3) is 0.389. The van der Waals surface area contributed by atoms with Crippen LogP contribution in [0.5, 0.6) is 5.75 Å². The summed E-state index contributed by atoms with van der Waals surface area (Å²) in [7, 11) is 3.34. The molecule has 0 fully saturated rings. The summed E-state index contributed by atoms with van der Waals surface area (Å²) in [4.78, 5) is 4.53. The average molecular weight is 360 g/mol. The van der Waals surface area contributed by atoms with E-state index in [0.29, 0.717) is 19.0 Å². The first kappa shape index (κ1) is 19.4. The molecule has 2 rings (SSSR count). The molecule has 1 unspecified atom stereocenters. The molecule has 0 radical (unpaired) electrons. The van der Waals surface area contributed by atoms with Gasteiger partial charge in [-0.1, -0.05) is 12.1 Å². The van der Waals surface area contributed by atoms with E-state index in [1.54, 1.807) is 12.1 Å². The van der Waals surface area contributed by atoms with Crippen LogP contribution in [-0.2, 0) is 13.6 Å². The minimum Gasteiger partial charge on any atom is -0.494 e. The van der Waals surface area contributed by atoms with Crippen LogP contribution >= 0.6 is 0 Å². The van der Waals surface area contributed by atoms with Crippen LogP contribution in [0.2, 0.25) is 0 Å². The van der Waals surface area contributed by atoms with E-state index in [-0.39, 0.29) is 11.8 Å². The van der Waals surface area contributed by atoms with E-state index in [0.717, 1.165) is 17.2 Å². The van der Waals surface area contributed by atoms with Gasteiger partial charge in [0.1, 0.15) is 12.4 Å². The molecule has 0 bridgehead atoms. The number of guanidine groups is 1. The Morgan fingerprint density at radius 2 is 2.23 bits per heavy atom. The van der Waals surface area contributed by atoms with Gasteiger partial charge in [-0.25, -0.2) is 9.38 Å². The number of hydrogen-bond acceptors (Lipinski definition) is 4. The number of methoxy groups -OCH3 is 1. The molecule has 1 atom stereocenters. The summed E-state index contributed by atoms with van der Waals surface area (Å²) in [5.74, 6) is 1.98. The van der Waals surface area contributed by atoms with Crippen LogP contribution in [0.3, 0.4) is 0 Å². The molecule has 2 N–H and O–H groups in total. The van der Waals surface area contributed by atoms with E-state index >= 15 is 0 Å². The number of aryl methyl sites for hydroxylation is 1. The van der Waals surface area contributed by atoms with Crippen molar-refractivity contribution in [2.24, 2.45) is 12.0 Å². The Morgan fingerprint density at radius 3 is 2.81 bits per heavy atom. The molecular formula is C18H25FN6O. The maximum absolute atomic E-state index is 13.9. The van der Waals surface area contributed by atoms with E-state index in [1.807, 2.05) is 31.5 Å². The second kappa shape index (κ2) is 8.98. The quantitative estimate of drug-likeness (QED) is 0.450. The highest BCUT2D eigenvalue weighted by Crippen LogP contribution is 2.21. The topological polar surface area (TPSA) is 76.4 Å². The molecule has 2 aromatic rings. The first-order chi connectivity index (χ1) is 12.5. The second-order valence-corrected chi connectivity index (χ2v) is 5.82. The van der Waals surface area contributed by atoms with Gasteiger partial charge in [0.05, 0.1) is 13.2 Å². The predicted molar refractivity (Wildman–Crippen MR) is 99.6 cm³/mol. The van der Waals surface area contributed by atoms with Crippen molar-refractivity contribution in [2.75, 3.05) is 13.7 Å². The van der Waals surface area contributed by atoms with Gasteiger partial charge in [-0.3, -0.25) is 0 Å². The summed E-state index contributed by atoms with van der Waals surface area (Å²) >= 11 is 0. The standard InChI is InChI=1S/C18H25FN6O/c1-6-9-20-18(21-11-17-24-23-13(3)25(17)4)22-12(2)14-7-8-16(26-5)15(19)10-14/h6-8,10,12H,1,9,11H2,2-5H3,(H2,20,21,22). The van der Waals surface area contributed by atoms with Gasteiger partial charge in [0.25, 0.3) is 0 Å². The van der Waals surface area contributed by atoms with Crippen LogP contribution in [0, 0.1) is 12.7 Å². The van der Waals surface area contributed by atoms with Gasteiger partial charge >= 0.3 is 0 Å². The SMILES string of the molecule is C=CCNC(=NCc1nnc(C)n1C)NC(C)c1ccc(OC)c(F)c1. The van der Waals surface area contributed by atoms with Gasteiger partial charge < -0.3 is 19.9 Å². The van der Waals surface area contributed by atoms with Gasteiger partial charge in [0, 0.05) is 13.6 Å². The lowest BCUT2D eigenvalue weighted by Gasteiger charge is -2.18. The molecule has 0 amide bonds. The number of aromatic nitrogens is 3. The lowest BCUT2D eigenvalue weighted by molar-refractivity contribution is 0.386. The van der Waals surface area contributed by atoms with Crippen LogP contribution in [0.25, 0.3) is 0 Å². The number of benzene rings is 1. The number of nitrogens with zero attached hydrogens (tertiary/aromatic N) is 4. The predicted octanol–water partition coefficient (Wildman–Crippen LogP) is 2.25. The maximum atomic E-state index is 13.9. The Hall–Kier alpha value is -2.90. The third-order valence-corrected chi connectivity index (χ3v) is 4.00. The molecule has 7 nitrogen and oxygen atoms in total. The molecule has 26 heavy (non-hydrogen) atoms. The summed E-state index contributed by atoms with van der Waals surface area (Å²) in [5, 5.41) is 14.5. The zero-order valence-corrected chi connectivity index (χ0v) is 15.6. The number of rotatable bonds is 7. The van der Waals surface area contributed by atoms with Crippen molar-refractivity contribution in [1.82, 2.24) is 25.4 Å². The minimum atomic E-state index is -0.397. The fourth-order valence-electron chi connectivity index (χ4n) is 2.30. The lowest BCUT2D eigenvalue weighted by atomic mass is 10.1. The maximum Gasteiger partial charge on any atom is 0.192 e. The third-order valence-electron chi connectivity index (χ3n) is 4.00. The van der Waals surface area contributed by atoms with Crippen LogP contribution in [0.15, 0.2) is 35.8 Å². The van der Waals surface area contributed by atoms with Crippen molar-refractivity contribution < 1.29 is 9.13 Å². The first-order valence-electron chi connectivity index (χ1n) is 8.30. The molecule has 0 saturated carbocycles. The third kappa shape index (κ3) is 4.81. The molecular weight excluding hydrogens is 335 g/mol. The summed E-state index contributed by atoms with van der Waals surface area (Å²) in [6.45, 7) is 8.43. The lowest BCUT2D eigenvalue weighted by Crippen LogP contribution is -2.39. The van der Waals surface area contributed by atoms with E-state index in [1.165, 1.54) is 13.2 Å². The van der Waals surface area contributed by atoms with E-state index in [2.05, 4.69) is 32.4 Å². The molecule has 140 valence electrons. The zero-order valence-electron chi connectivity index (χ0n) is 15.6. The van der Waals surface area contributed by atoms with Crippen molar-refractivity contribution in [1.29, 1.82) is 0 Å². The van der Waals surface area contributed by atoms with Crippen molar-refractivity contribution in [3.63, 3.8) is 0 Å². The number of halogens is 1. The zero-order chi connectivity index (χ0) is 19.1. The molecule has 8 heteroatoms. The summed E-state index contributed by atoms with van der Waals surface area (Å²) < 4.78 is 20.8. The van der Waals surface area contributed by atoms with Crippen molar-refractivity contribution in [3.8, 4) is 5.75 Å². The largest absolute Gasteiger partial charge is 0.494 e. The summed E-state index contributed by atoms with van der Waals surface area (Å²) in [6.07, 6.45) is 1.74. The van der Waals surface area contributed by atoms with Gasteiger partial charge in [-0.2, -0.15) is 0 Å². The molecule has 1 aromatic heterocycles. The average Bonchev–Trinajstić information content (AvgIpc) is 2.95. The van der Waals surface area contributed by atoms with E-state index in [4.69, 9.17) is 4.74 Å². The fourth-order valence-corrected chi connectivity index (χ4v) is 2.30. The monoisotopic (exact) mass is 360 g/mol. The van der Waals surface area contributed by atoms with E-state index < -0.39 is 5.82 Å². The summed E-state index contributed by atoms with van der Waals surface area (Å²) in [6, 6.07) is 4.72.